The number of anilines is 1. The monoisotopic (exact) mass is 615 g/mol. The van der Waals surface area contributed by atoms with E-state index < -0.39 is 28.5 Å². The summed E-state index contributed by atoms with van der Waals surface area (Å²) < 4.78 is 27.0. The van der Waals surface area contributed by atoms with Gasteiger partial charge in [-0.25, -0.2) is 8.42 Å². The van der Waals surface area contributed by atoms with Gasteiger partial charge in [-0.3, -0.25) is 13.9 Å². The Morgan fingerprint density at radius 1 is 0.951 bits per heavy atom. The Bertz CT molecular complexity index is 1480. The molecule has 1 aliphatic carbocycles. The van der Waals surface area contributed by atoms with Gasteiger partial charge >= 0.3 is 0 Å². The van der Waals surface area contributed by atoms with Crippen LogP contribution < -0.4 is 9.62 Å². The van der Waals surface area contributed by atoms with Crippen LogP contribution in [0.15, 0.2) is 72.8 Å². The number of amides is 2. The van der Waals surface area contributed by atoms with Crippen molar-refractivity contribution >= 4 is 50.7 Å². The highest BCUT2D eigenvalue weighted by atomic mass is 35.5. The second-order valence-corrected chi connectivity index (χ2v) is 13.3. The molecule has 1 N–H and O–H groups in total. The molecule has 2 amide bonds. The van der Waals surface area contributed by atoms with Crippen LogP contribution in [0.1, 0.15) is 42.4 Å². The van der Waals surface area contributed by atoms with Crippen molar-refractivity contribution in [2.75, 3.05) is 17.1 Å². The zero-order valence-electron chi connectivity index (χ0n) is 23.2. The molecule has 0 spiro atoms. The molecule has 1 saturated carbocycles. The quantitative estimate of drug-likeness (QED) is 0.297. The third-order valence-electron chi connectivity index (χ3n) is 7.40. The molecular formula is C31H35Cl2N3O4S. The summed E-state index contributed by atoms with van der Waals surface area (Å²) in [7, 11) is -3.88. The van der Waals surface area contributed by atoms with E-state index in [2.05, 4.69) is 5.32 Å². The minimum absolute atomic E-state index is 0.0468. The molecule has 0 radical (unpaired) electrons. The van der Waals surface area contributed by atoms with E-state index >= 15 is 0 Å². The molecule has 0 heterocycles. The van der Waals surface area contributed by atoms with Gasteiger partial charge in [0, 0.05) is 29.1 Å². The molecule has 1 aliphatic rings. The van der Waals surface area contributed by atoms with Crippen LogP contribution in [0, 0.1) is 6.92 Å². The average Bonchev–Trinajstić information content (AvgIpc) is 3.44. The number of benzene rings is 3. The van der Waals surface area contributed by atoms with Gasteiger partial charge < -0.3 is 10.2 Å². The largest absolute Gasteiger partial charge is 0.352 e. The molecule has 41 heavy (non-hydrogen) atoms. The summed E-state index contributed by atoms with van der Waals surface area (Å²) in [6.07, 6.45) is 5.18. The summed E-state index contributed by atoms with van der Waals surface area (Å²) in [6.45, 7) is 1.28. The van der Waals surface area contributed by atoms with Gasteiger partial charge in [0.05, 0.1) is 11.9 Å². The topological polar surface area (TPSA) is 86.8 Å². The van der Waals surface area contributed by atoms with E-state index in [4.69, 9.17) is 23.2 Å². The van der Waals surface area contributed by atoms with Gasteiger partial charge in [-0.05, 0) is 60.7 Å². The third kappa shape index (κ3) is 8.24. The second kappa shape index (κ2) is 13.7. The van der Waals surface area contributed by atoms with Crippen molar-refractivity contribution in [2.24, 2.45) is 0 Å². The number of rotatable bonds is 11. The Balaban J connectivity index is 1.74. The first-order chi connectivity index (χ1) is 19.5. The van der Waals surface area contributed by atoms with E-state index in [0.717, 1.165) is 47.4 Å². The molecular weight excluding hydrogens is 581 g/mol. The average molecular weight is 617 g/mol. The van der Waals surface area contributed by atoms with Crippen LogP contribution in [0.5, 0.6) is 0 Å². The Labute approximate surface area is 252 Å². The maximum absolute atomic E-state index is 14.2. The first-order valence-electron chi connectivity index (χ1n) is 13.6. The van der Waals surface area contributed by atoms with E-state index in [9.17, 15) is 18.0 Å². The number of sulfonamides is 1. The van der Waals surface area contributed by atoms with E-state index in [1.54, 1.807) is 43.3 Å². The van der Waals surface area contributed by atoms with Gasteiger partial charge in [-0.15, -0.1) is 0 Å². The summed E-state index contributed by atoms with van der Waals surface area (Å²) in [4.78, 5) is 29.6. The predicted molar refractivity (Wildman–Crippen MR) is 165 cm³/mol. The number of carbonyl (C=O) groups is 2. The molecule has 4 rings (SSSR count). The molecule has 7 nitrogen and oxygen atoms in total. The Morgan fingerprint density at radius 3 is 2.27 bits per heavy atom. The van der Waals surface area contributed by atoms with E-state index in [0.29, 0.717) is 21.3 Å². The zero-order valence-corrected chi connectivity index (χ0v) is 25.6. The highest BCUT2D eigenvalue weighted by Crippen LogP contribution is 2.29. The van der Waals surface area contributed by atoms with Crippen LogP contribution >= 0.6 is 23.2 Å². The van der Waals surface area contributed by atoms with Crippen molar-refractivity contribution in [3.8, 4) is 0 Å². The normalized spacial score (nSPS) is 14.4. The Morgan fingerprint density at radius 2 is 1.61 bits per heavy atom. The van der Waals surface area contributed by atoms with Crippen LogP contribution in [-0.4, -0.2) is 50.0 Å². The summed E-state index contributed by atoms with van der Waals surface area (Å²) in [6, 6.07) is 20.7. The van der Waals surface area contributed by atoms with Crippen LogP contribution in [0.3, 0.4) is 0 Å². The lowest BCUT2D eigenvalue weighted by atomic mass is 10.0. The summed E-state index contributed by atoms with van der Waals surface area (Å²) in [5.41, 5.74) is 2.45. The molecule has 0 saturated heterocycles. The molecule has 1 fully saturated rings. The highest BCUT2D eigenvalue weighted by molar-refractivity contribution is 7.92. The smallest absolute Gasteiger partial charge is 0.244 e. The lowest BCUT2D eigenvalue weighted by Gasteiger charge is -2.34. The molecule has 0 aliphatic heterocycles. The second-order valence-electron chi connectivity index (χ2n) is 10.5. The third-order valence-corrected chi connectivity index (χ3v) is 9.17. The fourth-order valence-electron chi connectivity index (χ4n) is 5.21. The van der Waals surface area contributed by atoms with E-state index in [1.807, 2.05) is 36.4 Å². The first kappa shape index (κ1) is 30.9. The van der Waals surface area contributed by atoms with Gasteiger partial charge in [0.2, 0.25) is 21.8 Å². The van der Waals surface area contributed by atoms with Gasteiger partial charge in [0.1, 0.15) is 12.6 Å². The van der Waals surface area contributed by atoms with E-state index in [-0.39, 0.29) is 24.9 Å². The van der Waals surface area contributed by atoms with Gasteiger partial charge in [0.15, 0.2) is 0 Å². The Kier molecular flexibility index (Phi) is 10.3. The van der Waals surface area contributed by atoms with Crippen molar-refractivity contribution in [1.29, 1.82) is 0 Å². The molecule has 0 unspecified atom stereocenters. The van der Waals surface area contributed by atoms with Crippen LogP contribution in [0.25, 0.3) is 0 Å². The van der Waals surface area contributed by atoms with Crippen molar-refractivity contribution < 1.29 is 18.0 Å². The van der Waals surface area contributed by atoms with Gasteiger partial charge in [0.25, 0.3) is 0 Å². The molecule has 10 heteroatoms. The Hall–Kier alpha value is -3.07. The lowest BCUT2D eigenvalue weighted by molar-refractivity contribution is -0.140. The molecule has 3 aromatic carbocycles. The van der Waals surface area contributed by atoms with Gasteiger partial charge in [-0.1, -0.05) is 84.6 Å². The highest BCUT2D eigenvalue weighted by Gasteiger charge is 2.34. The number of halogens is 2. The molecule has 218 valence electrons. The maximum atomic E-state index is 14.2. The van der Waals surface area contributed by atoms with Crippen molar-refractivity contribution in [2.45, 2.75) is 57.7 Å². The number of hydrogen-bond acceptors (Lipinski definition) is 4. The van der Waals surface area contributed by atoms with Crippen molar-refractivity contribution in [3.63, 3.8) is 0 Å². The molecule has 0 bridgehead atoms. The number of nitrogens with one attached hydrogen (secondary N) is 1. The minimum Gasteiger partial charge on any atom is -0.352 e. The number of hydrogen-bond donors (Lipinski definition) is 1. The molecule has 3 aromatic rings. The fourth-order valence-corrected chi connectivity index (χ4v) is 6.50. The summed E-state index contributed by atoms with van der Waals surface area (Å²) >= 11 is 12.6. The van der Waals surface area contributed by atoms with Crippen LogP contribution in [-0.2, 0) is 32.6 Å². The summed E-state index contributed by atoms with van der Waals surface area (Å²) in [5.74, 6) is -0.779. The predicted octanol–water partition coefficient (Wildman–Crippen LogP) is 5.77. The number of carbonyl (C=O) groups excluding carboxylic acids is 2. The lowest BCUT2D eigenvalue weighted by Crippen LogP contribution is -2.54. The molecule has 0 aromatic heterocycles. The maximum Gasteiger partial charge on any atom is 0.244 e. The summed E-state index contributed by atoms with van der Waals surface area (Å²) in [5, 5.41) is 4.04. The fraction of sp³-hybridized carbons (Fsp3) is 0.355. The zero-order chi connectivity index (χ0) is 29.6. The SMILES string of the molecule is Cc1c(Cl)cccc1N(CC(=O)N(Cc1cccc(Cl)c1)[C@@H](Cc1ccccc1)C(=O)NC1CCCC1)S(C)(=O)=O. The van der Waals surface area contributed by atoms with Crippen molar-refractivity contribution in [1.82, 2.24) is 10.2 Å². The standard InChI is InChI=1S/C31H35Cl2N3O4S/c1-22-27(33)16-9-17-28(22)36(41(2,39)40)21-30(37)35(20-24-12-8-13-25(32)18-24)29(19-23-10-4-3-5-11-23)31(38)34-26-14-6-7-15-26/h3-5,8-13,16-18,26,29H,6-7,14-15,19-21H2,1-2H3,(H,34,38)/t29-/m0/s1. The van der Waals surface area contributed by atoms with Crippen LogP contribution in [0.4, 0.5) is 5.69 Å². The van der Waals surface area contributed by atoms with Gasteiger partial charge in [-0.2, -0.15) is 0 Å². The minimum atomic E-state index is -3.88. The van der Waals surface area contributed by atoms with Crippen LogP contribution in [0.2, 0.25) is 10.0 Å². The van der Waals surface area contributed by atoms with E-state index in [1.165, 1.54) is 4.90 Å². The number of nitrogens with zero attached hydrogens (tertiary/aromatic N) is 2. The van der Waals surface area contributed by atoms with Crippen molar-refractivity contribution in [3.05, 3.63) is 99.5 Å². The first-order valence-corrected chi connectivity index (χ1v) is 16.2. The molecule has 1 atom stereocenters.